The molecule has 0 atom stereocenters. The van der Waals surface area contributed by atoms with Crippen molar-refractivity contribution in [2.75, 3.05) is 5.73 Å². The van der Waals surface area contributed by atoms with E-state index in [1.807, 2.05) is 0 Å². The maximum atomic E-state index is 11.2. The first-order valence-corrected chi connectivity index (χ1v) is 4.66. The lowest BCUT2D eigenvalue weighted by Gasteiger charge is -2.36. The summed E-state index contributed by atoms with van der Waals surface area (Å²) in [5, 5.41) is 9.15. The first kappa shape index (κ1) is 12.5. The van der Waals surface area contributed by atoms with Gasteiger partial charge in [-0.15, -0.1) is 12.4 Å². The van der Waals surface area contributed by atoms with Crippen LogP contribution in [-0.4, -0.2) is 16.9 Å². The van der Waals surface area contributed by atoms with Gasteiger partial charge in [-0.3, -0.25) is 9.59 Å². The number of carbonyl (C=O) groups excluding carboxylic acids is 1. The Morgan fingerprint density at radius 2 is 2.00 bits per heavy atom. The smallest absolute Gasteiger partial charge is 0.315 e. The van der Waals surface area contributed by atoms with Crippen molar-refractivity contribution in [1.29, 1.82) is 0 Å². The molecule has 1 saturated carbocycles. The summed E-state index contributed by atoms with van der Waals surface area (Å²) in [6.45, 7) is 0. The van der Waals surface area contributed by atoms with E-state index in [0.717, 1.165) is 0 Å². The molecule has 0 heterocycles. The van der Waals surface area contributed by atoms with E-state index in [0.29, 0.717) is 11.3 Å². The number of carboxylic acid groups (broad SMARTS) is 1. The zero-order valence-corrected chi connectivity index (χ0v) is 9.29. The molecule has 3 N–H and O–H groups in total. The summed E-state index contributed by atoms with van der Waals surface area (Å²) in [5.41, 5.74) is 5.70. The molecule has 0 saturated heterocycles. The number of nitrogens with two attached hydrogens (primary N) is 1. The van der Waals surface area contributed by atoms with Crippen LogP contribution < -0.4 is 5.73 Å². The normalized spacial score (nSPS) is 17.1. The summed E-state index contributed by atoms with van der Waals surface area (Å²) in [6, 6.07) is 6.73. The summed E-state index contributed by atoms with van der Waals surface area (Å²) >= 11 is 0. The minimum absolute atomic E-state index is 0. The van der Waals surface area contributed by atoms with Crippen molar-refractivity contribution >= 4 is 29.8 Å². The minimum Gasteiger partial charge on any atom is -0.481 e. The number of halogens is 1. The Hall–Kier alpha value is -1.55. The number of nitrogen functional groups attached to an aromatic ring is 1. The van der Waals surface area contributed by atoms with Crippen molar-refractivity contribution in [3.05, 3.63) is 29.8 Å². The minimum atomic E-state index is -1.04. The Morgan fingerprint density at radius 1 is 1.38 bits per heavy atom. The highest BCUT2D eigenvalue weighted by atomic mass is 35.5. The highest BCUT2D eigenvalue weighted by Gasteiger charge is 2.51. The molecule has 1 aromatic rings. The summed E-state index contributed by atoms with van der Waals surface area (Å²) in [6.07, 6.45) is 0.150. The quantitative estimate of drug-likeness (QED) is 0.767. The van der Waals surface area contributed by atoms with E-state index < -0.39 is 11.4 Å². The molecule has 0 aromatic heterocycles. The fourth-order valence-corrected chi connectivity index (χ4v) is 1.94. The SMILES string of the molecule is Cl.Nc1cccc(C2(C(=O)O)CC(=O)C2)c1. The lowest BCUT2D eigenvalue weighted by molar-refractivity contribution is -0.153. The summed E-state index contributed by atoms with van der Waals surface area (Å²) < 4.78 is 0. The van der Waals surface area contributed by atoms with Crippen LogP contribution in [0.25, 0.3) is 0 Å². The Labute approximate surface area is 98.9 Å². The maximum absolute atomic E-state index is 11.2. The third-order valence-electron chi connectivity index (χ3n) is 2.85. The molecule has 0 spiro atoms. The number of aliphatic carboxylic acids is 1. The molecule has 1 aromatic carbocycles. The molecule has 0 radical (unpaired) electrons. The zero-order valence-electron chi connectivity index (χ0n) is 8.47. The molecular formula is C11H12ClNO3. The number of Topliss-reactive ketones (excluding diaryl/α,β-unsaturated/α-hetero) is 1. The van der Waals surface area contributed by atoms with Gasteiger partial charge in [-0.25, -0.2) is 0 Å². The molecular weight excluding hydrogens is 230 g/mol. The van der Waals surface area contributed by atoms with E-state index >= 15 is 0 Å². The summed E-state index contributed by atoms with van der Waals surface area (Å²) in [5.74, 6) is -0.965. The van der Waals surface area contributed by atoms with Crippen LogP contribution in [0.1, 0.15) is 18.4 Å². The molecule has 1 fully saturated rings. The molecule has 5 heteroatoms. The Kier molecular flexibility index (Phi) is 3.24. The number of ketones is 1. The van der Waals surface area contributed by atoms with Gasteiger partial charge in [-0.1, -0.05) is 12.1 Å². The van der Waals surface area contributed by atoms with E-state index in [2.05, 4.69) is 0 Å². The molecule has 1 aliphatic carbocycles. The lowest BCUT2D eigenvalue weighted by Crippen LogP contribution is -2.48. The van der Waals surface area contributed by atoms with E-state index in [1.54, 1.807) is 24.3 Å². The van der Waals surface area contributed by atoms with Crippen molar-refractivity contribution in [3.8, 4) is 0 Å². The van der Waals surface area contributed by atoms with Crippen LogP contribution in [0, 0.1) is 0 Å². The third kappa shape index (κ3) is 1.76. The molecule has 0 aliphatic heterocycles. The average molecular weight is 242 g/mol. The van der Waals surface area contributed by atoms with E-state index in [9.17, 15) is 9.59 Å². The van der Waals surface area contributed by atoms with Crippen molar-refractivity contribution in [2.45, 2.75) is 18.3 Å². The number of carboxylic acids is 1. The third-order valence-corrected chi connectivity index (χ3v) is 2.85. The molecule has 0 unspecified atom stereocenters. The van der Waals surface area contributed by atoms with Gasteiger partial charge in [0.1, 0.15) is 11.2 Å². The monoisotopic (exact) mass is 241 g/mol. The van der Waals surface area contributed by atoms with E-state index in [4.69, 9.17) is 10.8 Å². The first-order chi connectivity index (χ1) is 7.04. The van der Waals surface area contributed by atoms with E-state index in [1.165, 1.54) is 0 Å². The van der Waals surface area contributed by atoms with Gasteiger partial charge >= 0.3 is 5.97 Å². The van der Waals surface area contributed by atoms with Gasteiger partial charge in [0, 0.05) is 18.5 Å². The number of carbonyl (C=O) groups is 2. The summed E-state index contributed by atoms with van der Waals surface area (Å²) in [7, 11) is 0. The van der Waals surface area contributed by atoms with Crippen LogP contribution in [0.5, 0.6) is 0 Å². The predicted octanol–water partition coefficient (Wildman–Crippen LogP) is 1.38. The molecule has 0 bridgehead atoms. The number of rotatable bonds is 2. The van der Waals surface area contributed by atoms with Crippen molar-refractivity contribution in [1.82, 2.24) is 0 Å². The lowest BCUT2D eigenvalue weighted by atomic mass is 9.63. The van der Waals surface area contributed by atoms with Crippen LogP contribution in [0.3, 0.4) is 0 Å². The van der Waals surface area contributed by atoms with Gasteiger partial charge in [0.15, 0.2) is 0 Å². The second-order valence-electron chi connectivity index (χ2n) is 3.90. The molecule has 4 nitrogen and oxygen atoms in total. The number of hydrogen-bond donors (Lipinski definition) is 2. The number of benzene rings is 1. The average Bonchev–Trinajstić information content (AvgIpc) is 2.12. The van der Waals surface area contributed by atoms with Gasteiger partial charge in [0.2, 0.25) is 0 Å². The van der Waals surface area contributed by atoms with Gasteiger partial charge < -0.3 is 10.8 Å². The molecule has 2 rings (SSSR count). The van der Waals surface area contributed by atoms with Crippen LogP contribution in [0.15, 0.2) is 24.3 Å². The van der Waals surface area contributed by atoms with Crippen molar-refractivity contribution < 1.29 is 14.7 Å². The second-order valence-corrected chi connectivity index (χ2v) is 3.90. The van der Waals surface area contributed by atoms with Gasteiger partial charge in [-0.2, -0.15) is 0 Å². The fraction of sp³-hybridized carbons (Fsp3) is 0.273. The van der Waals surface area contributed by atoms with Crippen molar-refractivity contribution in [2.24, 2.45) is 0 Å². The second kappa shape index (κ2) is 4.14. The summed E-state index contributed by atoms with van der Waals surface area (Å²) in [4.78, 5) is 22.2. The molecule has 86 valence electrons. The largest absolute Gasteiger partial charge is 0.481 e. The molecule has 16 heavy (non-hydrogen) atoms. The topological polar surface area (TPSA) is 80.4 Å². The van der Waals surface area contributed by atoms with Gasteiger partial charge in [0.05, 0.1) is 0 Å². The predicted molar refractivity (Wildman–Crippen MR) is 61.7 cm³/mol. The van der Waals surface area contributed by atoms with Crippen LogP contribution in [-0.2, 0) is 15.0 Å². The maximum Gasteiger partial charge on any atom is 0.315 e. The van der Waals surface area contributed by atoms with Crippen LogP contribution >= 0.6 is 12.4 Å². The zero-order chi connectivity index (χ0) is 11.1. The standard InChI is InChI=1S/C11H11NO3.ClH/c12-8-3-1-2-7(4-8)11(10(14)15)5-9(13)6-11;/h1-4H,5-6,12H2,(H,14,15);1H. The van der Waals surface area contributed by atoms with Crippen LogP contribution in [0.4, 0.5) is 5.69 Å². The van der Waals surface area contributed by atoms with Crippen LogP contribution in [0.2, 0.25) is 0 Å². The molecule has 0 amide bonds. The fourth-order valence-electron chi connectivity index (χ4n) is 1.94. The highest BCUT2D eigenvalue weighted by molar-refractivity contribution is 6.01. The first-order valence-electron chi connectivity index (χ1n) is 4.66. The highest BCUT2D eigenvalue weighted by Crippen LogP contribution is 2.41. The van der Waals surface area contributed by atoms with Gasteiger partial charge in [-0.05, 0) is 17.7 Å². The Bertz CT molecular complexity index is 437. The number of anilines is 1. The van der Waals surface area contributed by atoms with E-state index in [-0.39, 0.29) is 31.0 Å². The Morgan fingerprint density at radius 3 is 2.44 bits per heavy atom. The molecule has 1 aliphatic rings. The van der Waals surface area contributed by atoms with Crippen molar-refractivity contribution in [3.63, 3.8) is 0 Å². The number of hydrogen-bond acceptors (Lipinski definition) is 3. The van der Waals surface area contributed by atoms with Gasteiger partial charge in [0.25, 0.3) is 0 Å². The Balaban J connectivity index is 0.00000128.